The van der Waals surface area contributed by atoms with Crippen molar-refractivity contribution in [2.24, 2.45) is 11.7 Å². The van der Waals surface area contributed by atoms with E-state index in [4.69, 9.17) is 26.8 Å². The number of nitrogens with two attached hydrogens (primary N) is 1. The average molecular weight is 1140 g/mol. The molecule has 1 aromatic heterocycles. The minimum Gasteiger partial charge on any atom is -0.489 e. The number of nitrogens with one attached hydrogen (secondary N) is 8. The normalized spacial score (nSPS) is 22.4. The molecular formula is C62H71ClN10O9. The highest BCUT2D eigenvalue weighted by Crippen LogP contribution is 2.26. The molecule has 82 heavy (non-hydrogen) atoms. The van der Waals surface area contributed by atoms with Crippen molar-refractivity contribution in [1.82, 2.24) is 47.1 Å². The fourth-order valence-electron chi connectivity index (χ4n) is 10.9. The minimum atomic E-state index is -1.38. The quantitative estimate of drug-likeness (QED) is 0.0612. The highest BCUT2D eigenvalue weighted by molar-refractivity contribution is 6.30. The Morgan fingerprint density at radius 1 is 0.634 bits per heavy atom. The maximum absolute atomic E-state index is 15.5. The van der Waals surface area contributed by atoms with Crippen molar-refractivity contribution in [3.8, 4) is 5.75 Å². The summed E-state index contributed by atoms with van der Waals surface area (Å²) in [7, 11) is 0. The van der Waals surface area contributed by atoms with E-state index in [0.717, 1.165) is 34.9 Å². The van der Waals surface area contributed by atoms with Crippen LogP contribution in [0.15, 0.2) is 140 Å². The van der Waals surface area contributed by atoms with Crippen LogP contribution in [0.4, 0.5) is 4.79 Å². The monoisotopic (exact) mass is 1130 g/mol. The number of alkyl carbamates (subject to hydrolysis) is 1. The van der Waals surface area contributed by atoms with Crippen LogP contribution in [0.5, 0.6) is 5.75 Å². The van der Waals surface area contributed by atoms with Crippen molar-refractivity contribution in [2.45, 2.75) is 107 Å². The first-order chi connectivity index (χ1) is 39.8. The van der Waals surface area contributed by atoms with Crippen molar-refractivity contribution >= 4 is 64.0 Å². The van der Waals surface area contributed by atoms with Crippen LogP contribution in [0.3, 0.4) is 0 Å². The van der Waals surface area contributed by atoms with E-state index in [0.29, 0.717) is 53.6 Å². The second kappa shape index (κ2) is 28.4. The lowest BCUT2D eigenvalue weighted by Gasteiger charge is -2.32. The van der Waals surface area contributed by atoms with Gasteiger partial charge in [-0.15, -0.1) is 0 Å². The average Bonchev–Trinajstić information content (AvgIpc) is 4.29. The first-order valence-electron chi connectivity index (χ1n) is 28.1. The molecule has 0 spiro atoms. The van der Waals surface area contributed by atoms with Gasteiger partial charge >= 0.3 is 6.09 Å². The van der Waals surface area contributed by atoms with Crippen molar-refractivity contribution in [3.05, 3.63) is 172 Å². The Bertz CT molecular complexity index is 3160. The molecule has 0 radical (unpaired) electrons. The number of aromatic amines is 1. The molecule has 3 saturated heterocycles. The number of hydrogen-bond donors (Lipinski definition) is 9. The Hall–Kier alpha value is -8.26. The van der Waals surface area contributed by atoms with Crippen molar-refractivity contribution in [1.29, 1.82) is 0 Å². The van der Waals surface area contributed by atoms with Crippen LogP contribution in [0, 0.1) is 5.92 Å². The second-order valence-corrected chi connectivity index (χ2v) is 21.7. The van der Waals surface area contributed by atoms with Crippen molar-refractivity contribution < 1.29 is 43.0 Å². The highest BCUT2D eigenvalue weighted by Gasteiger charge is 2.45. The lowest BCUT2D eigenvalue weighted by Crippen LogP contribution is -2.62. The Kier molecular flexibility index (Phi) is 20.3. The van der Waals surface area contributed by atoms with Gasteiger partial charge in [0.05, 0.1) is 6.54 Å². The van der Waals surface area contributed by atoms with Gasteiger partial charge in [0.15, 0.2) is 0 Å². The van der Waals surface area contributed by atoms with Gasteiger partial charge in [0.1, 0.15) is 54.7 Å². The van der Waals surface area contributed by atoms with Crippen molar-refractivity contribution in [3.63, 3.8) is 0 Å². The molecular weight excluding hydrogens is 1060 g/mol. The van der Waals surface area contributed by atoms with Crippen LogP contribution in [0.25, 0.3) is 10.9 Å². The summed E-state index contributed by atoms with van der Waals surface area (Å²) in [6.07, 6.45) is 1.64. The van der Waals surface area contributed by atoms with Gasteiger partial charge in [0.25, 0.3) is 0 Å². The fourth-order valence-corrected chi connectivity index (χ4v) is 11.2. The van der Waals surface area contributed by atoms with E-state index in [1.54, 1.807) is 54.7 Å². The van der Waals surface area contributed by atoms with Crippen molar-refractivity contribution in [2.75, 3.05) is 32.7 Å². The number of aryl methyl sites for hydroxylation is 1. The Morgan fingerprint density at radius 2 is 1.24 bits per heavy atom. The van der Waals surface area contributed by atoms with E-state index < -0.39 is 83.9 Å². The second-order valence-electron chi connectivity index (χ2n) is 21.3. The summed E-state index contributed by atoms with van der Waals surface area (Å²) in [4.78, 5) is 109. The molecule has 5 aromatic carbocycles. The molecule has 0 unspecified atom stereocenters. The van der Waals surface area contributed by atoms with Crippen LogP contribution in [0.1, 0.15) is 59.9 Å². The van der Waals surface area contributed by atoms with Gasteiger partial charge < -0.3 is 62.3 Å². The molecule has 6 aromatic rings. The Balaban J connectivity index is 1.11. The molecule has 0 saturated carbocycles. The van der Waals surface area contributed by atoms with Gasteiger partial charge in [-0.1, -0.05) is 115 Å². The third kappa shape index (κ3) is 16.0. The van der Waals surface area contributed by atoms with Crippen LogP contribution < -0.4 is 47.7 Å². The van der Waals surface area contributed by atoms with Crippen LogP contribution in [-0.4, -0.2) is 126 Å². The first kappa shape index (κ1) is 58.4. The van der Waals surface area contributed by atoms with Crippen LogP contribution in [-0.2, 0) is 65.8 Å². The molecule has 3 fully saturated rings. The summed E-state index contributed by atoms with van der Waals surface area (Å²) < 4.78 is 11.9. The van der Waals surface area contributed by atoms with Gasteiger partial charge in [-0.3, -0.25) is 28.8 Å². The number of carbonyl (C=O) groups excluding carboxylic acids is 7. The summed E-state index contributed by atoms with van der Waals surface area (Å²) in [5.74, 6) is -3.58. The smallest absolute Gasteiger partial charge is 0.407 e. The van der Waals surface area contributed by atoms with Gasteiger partial charge in [0, 0.05) is 60.9 Å². The van der Waals surface area contributed by atoms with Gasteiger partial charge in [-0.2, -0.15) is 0 Å². The molecule has 3 aliphatic heterocycles. The van der Waals surface area contributed by atoms with E-state index >= 15 is 28.8 Å². The standard InChI is InChI=1S/C62H71ClN10O9/c63-45-15-9-14-43(30-45)33-54-61(79)73-37-47(82-62(80)66-29-26-64)35-55(73)60(78)68-50(23-20-39-10-3-1-4-11-39)56(74)71-53(34-44-36-67-49-17-8-7-16-48(44)49)59(77)70-52(32-41-24-27-65-28-25-41)57(75)69-51(58(76)72-54)31-40-18-21-46(22-19-40)81-38-42-12-5-2-6-13-42/h1-19,21-22,30,36,41,47,50-55,65,67H,20,23-29,31-35,37-38,64H2,(H,66,80)(H,68,78)(H,69,75)(H,70,77)(H,71,74)(H,72,76)/t47-,50+,51+,52+,53-,54+,55+/m1/s1. The third-order valence-corrected chi connectivity index (χ3v) is 15.5. The predicted octanol–water partition coefficient (Wildman–Crippen LogP) is 4.54. The van der Waals surface area contributed by atoms with E-state index in [-0.39, 0.29) is 64.1 Å². The number of benzene rings is 5. The Morgan fingerprint density at radius 3 is 1.96 bits per heavy atom. The maximum Gasteiger partial charge on any atom is 0.407 e. The van der Waals surface area contributed by atoms with E-state index in [1.807, 2.05) is 84.9 Å². The number of H-pyrrole nitrogens is 1. The number of halogens is 1. The predicted molar refractivity (Wildman–Crippen MR) is 310 cm³/mol. The molecule has 19 nitrogen and oxygen atoms in total. The molecule has 7 atom stereocenters. The number of rotatable bonds is 17. The molecule has 20 heteroatoms. The number of hydrogen-bond acceptors (Lipinski definition) is 11. The molecule has 0 aliphatic carbocycles. The highest BCUT2D eigenvalue weighted by atomic mass is 35.5. The summed E-state index contributed by atoms with van der Waals surface area (Å²) >= 11 is 6.49. The number of nitrogens with zero attached hydrogens (tertiary/aromatic N) is 1. The van der Waals surface area contributed by atoms with Crippen LogP contribution >= 0.6 is 11.6 Å². The van der Waals surface area contributed by atoms with E-state index in [2.05, 4.69) is 42.2 Å². The minimum absolute atomic E-state index is 0.00208. The zero-order chi connectivity index (χ0) is 57.4. The number of para-hydroxylation sites is 1. The molecule has 0 bridgehead atoms. The Labute approximate surface area is 481 Å². The topological polar surface area (TPSA) is 267 Å². The van der Waals surface area contributed by atoms with Crippen LogP contribution in [0.2, 0.25) is 5.02 Å². The summed E-state index contributed by atoms with van der Waals surface area (Å²) in [5.41, 5.74) is 10.2. The van der Waals surface area contributed by atoms with Gasteiger partial charge in [-0.05, 0) is 109 Å². The number of amides is 7. The number of piperidine rings is 1. The number of carbonyl (C=O) groups is 7. The van der Waals surface area contributed by atoms with Gasteiger partial charge in [-0.25, -0.2) is 4.79 Å². The number of aromatic nitrogens is 1. The molecule has 4 heterocycles. The molecule has 7 amide bonds. The zero-order valence-electron chi connectivity index (χ0n) is 45.6. The fraction of sp³-hybridized carbons (Fsp3) is 0.371. The molecule has 10 N–H and O–H groups in total. The summed E-state index contributed by atoms with van der Waals surface area (Å²) in [6.45, 7) is 1.69. The lowest BCUT2D eigenvalue weighted by molar-refractivity contribution is -0.143. The molecule has 430 valence electrons. The number of ether oxygens (including phenoxy) is 2. The summed E-state index contributed by atoms with van der Waals surface area (Å²) in [5, 5.41) is 22.0. The largest absolute Gasteiger partial charge is 0.489 e. The number of fused-ring (bicyclic) bond motifs is 2. The first-order valence-corrected chi connectivity index (χ1v) is 28.5. The summed E-state index contributed by atoms with van der Waals surface area (Å²) in [6, 6.07) is 32.7. The zero-order valence-corrected chi connectivity index (χ0v) is 46.3. The van der Waals surface area contributed by atoms with E-state index in [1.165, 1.54) is 4.90 Å². The van der Waals surface area contributed by atoms with E-state index in [9.17, 15) is 4.79 Å². The maximum atomic E-state index is 15.5. The molecule has 9 rings (SSSR count). The third-order valence-electron chi connectivity index (χ3n) is 15.3. The van der Waals surface area contributed by atoms with Gasteiger partial charge in [0.2, 0.25) is 35.4 Å². The SMILES string of the molecule is NCCNC(=O)O[C@@H]1C[C@H]2C(=O)N[C@@H](CCc3ccccc3)C(=O)N[C@H](Cc3c[nH]c4ccccc34)C(=O)N[C@@H](CC3CCNCC3)C(=O)N[C@@H](Cc3ccc(OCc4ccccc4)cc3)C(=O)N[C@@H](Cc3cccc(Cl)c3)C(=O)N2C1. The molecule has 3 aliphatic rings. The lowest BCUT2D eigenvalue weighted by atomic mass is 9.90.